The van der Waals surface area contributed by atoms with Gasteiger partial charge in [0.1, 0.15) is 5.82 Å². The van der Waals surface area contributed by atoms with Gasteiger partial charge in [0.05, 0.1) is 18.8 Å². The molecule has 2 rings (SSSR count). The minimum Gasteiger partial charge on any atom is -0.466 e. The zero-order valence-corrected chi connectivity index (χ0v) is 10.2. The predicted molar refractivity (Wildman–Crippen MR) is 69.7 cm³/mol. The van der Waals surface area contributed by atoms with Crippen LogP contribution in [0.15, 0.2) is 24.4 Å². The molecule has 2 N–H and O–H groups in total. The lowest BCUT2D eigenvalue weighted by atomic mass is 10.1. The van der Waals surface area contributed by atoms with Crippen LogP contribution >= 0.6 is 0 Å². The van der Waals surface area contributed by atoms with Gasteiger partial charge < -0.3 is 10.5 Å². The molecule has 0 saturated heterocycles. The van der Waals surface area contributed by atoms with Crippen molar-refractivity contribution < 1.29 is 9.53 Å². The van der Waals surface area contributed by atoms with Gasteiger partial charge in [-0.2, -0.15) is 0 Å². The van der Waals surface area contributed by atoms with Crippen LogP contribution in [0.3, 0.4) is 0 Å². The third kappa shape index (κ3) is 2.45. The third-order valence-corrected chi connectivity index (χ3v) is 2.50. The first kappa shape index (κ1) is 12.0. The molecule has 2 heterocycles. The third-order valence-electron chi connectivity index (χ3n) is 2.50. The van der Waals surface area contributed by atoms with E-state index in [1.54, 1.807) is 12.3 Å². The quantitative estimate of drug-likeness (QED) is 0.641. The summed E-state index contributed by atoms with van der Waals surface area (Å²) in [6.07, 6.45) is 4.57. The highest BCUT2D eigenvalue weighted by Crippen LogP contribution is 2.19. The minimum absolute atomic E-state index is 0.355. The maximum Gasteiger partial charge on any atom is 0.330 e. The molecule has 0 amide bonds. The van der Waals surface area contributed by atoms with Gasteiger partial charge >= 0.3 is 5.97 Å². The molecule has 0 atom stereocenters. The fraction of sp³-hybridized carbons (Fsp3) is 0.154. The Kier molecular flexibility index (Phi) is 3.23. The Hall–Kier alpha value is -2.43. The first-order valence-electron chi connectivity index (χ1n) is 5.39. The summed E-state index contributed by atoms with van der Waals surface area (Å²) in [5.41, 5.74) is 8.12. The van der Waals surface area contributed by atoms with Crippen molar-refractivity contribution in [2.75, 3.05) is 12.8 Å². The van der Waals surface area contributed by atoms with Crippen LogP contribution in [-0.2, 0) is 9.53 Å². The highest BCUT2D eigenvalue weighted by molar-refractivity contribution is 5.90. The van der Waals surface area contributed by atoms with Crippen LogP contribution in [0.1, 0.15) is 11.3 Å². The number of aromatic nitrogens is 2. The summed E-state index contributed by atoms with van der Waals surface area (Å²) in [6.45, 7) is 1.90. The topological polar surface area (TPSA) is 78.1 Å². The molecule has 0 radical (unpaired) electrons. The first-order valence-corrected chi connectivity index (χ1v) is 5.39. The molecule has 18 heavy (non-hydrogen) atoms. The predicted octanol–water partition coefficient (Wildman–Crippen LogP) is 1.71. The molecule has 0 fully saturated rings. The van der Waals surface area contributed by atoms with Crippen LogP contribution in [0.5, 0.6) is 0 Å². The molecule has 0 spiro atoms. The Morgan fingerprint density at radius 1 is 1.44 bits per heavy atom. The fourth-order valence-electron chi connectivity index (χ4n) is 1.58. The van der Waals surface area contributed by atoms with Crippen molar-refractivity contribution in [3.63, 3.8) is 0 Å². The molecule has 0 saturated carbocycles. The van der Waals surface area contributed by atoms with E-state index in [0.717, 1.165) is 16.6 Å². The number of hydrogen-bond donors (Lipinski definition) is 1. The summed E-state index contributed by atoms with van der Waals surface area (Å²) in [5, 5.41) is 0.932. The van der Waals surface area contributed by atoms with E-state index >= 15 is 0 Å². The molecule has 5 heteroatoms. The molecule has 0 bridgehead atoms. The summed E-state index contributed by atoms with van der Waals surface area (Å²) >= 11 is 0. The Bertz CT molecular complexity index is 635. The Morgan fingerprint density at radius 2 is 2.22 bits per heavy atom. The SMILES string of the molecule is COC(=O)C=Cc1cc2cc(C)ncc2nc1N. The number of esters is 1. The van der Waals surface area contributed by atoms with Crippen molar-refractivity contribution in [3.8, 4) is 0 Å². The number of methoxy groups -OCH3 is 1. The van der Waals surface area contributed by atoms with Gasteiger partial charge in [0.15, 0.2) is 0 Å². The number of carbonyl (C=O) groups is 1. The van der Waals surface area contributed by atoms with Gasteiger partial charge in [0.25, 0.3) is 0 Å². The van der Waals surface area contributed by atoms with E-state index < -0.39 is 5.97 Å². The van der Waals surface area contributed by atoms with E-state index in [2.05, 4.69) is 14.7 Å². The lowest BCUT2D eigenvalue weighted by Gasteiger charge is -2.03. The monoisotopic (exact) mass is 243 g/mol. The second-order valence-electron chi connectivity index (χ2n) is 3.84. The highest BCUT2D eigenvalue weighted by atomic mass is 16.5. The second-order valence-corrected chi connectivity index (χ2v) is 3.84. The van der Waals surface area contributed by atoms with Crippen LogP contribution in [0.4, 0.5) is 5.82 Å². The molecular formula is C13H13N3O2. The van der Waals surface area contributed by atoms with Gasteiger partial charge in [-0.25, -0.2) is 9.78 Å². The zero-order valence-electron chi connectivity index (χ0n) is 10.2. The van der Waals surface area contributed by atoms with Gasteiger partial charge in [0, 0.05) is 22.7 Å². The number of pyridine rings is 2. The molecule has 2 aromatic heterocycles. The van der Waals surface area contributed by atoms with E-state index in [0.29, 0.717) is 11.4 Å². The van der Waals surface area contributed by atoms with Gasteiger partial charge in [-0.3, -0.25) is 4.98 Å². The van der Waals surface area contributed by atoms with Crippen LogP contribution in [0.25, 0.3) is 17.0 Å². The van der Waals surface area contributed by atoms with Gasteiger partial charge in [-0.15, -0.1) is 0 Å². The summed E-state index contributed by atoms with van der Waals surface area (Å²) < 4.78 is 4.52. The van der Waals surface area contributed by atoms with E-state index in [1.807, 2.05) is 19.1 Å². The minimum atomic E-state index is -0.430. The van der Waals surface area contributed by atoms with Gasteiger partial charge in [-0.1, -0.05) is 0 Å². The van der Waals surface area contributed by atoms with Crippen LogP contribution in [0, 0.1) is 6.92 Å². The summed E-state index contributed by atoms with van der Waals surface area (Å²) in [5.74, 6) is -0.0753. The molecule has 5 nitrogen and oxygen atoms in total. The second kappa shape index (κ2) is 4.83. The molecule has 0 aromatic carbocycles. The number of hydrogen-bond acceptors (Lipinski definition) is 5. The summed E-state index contributed by atoms with van der Waals surface area (Å²) in [4.78, 5) is 19.4. The standard InChI is InChI=1S/C13H13N3O2/c1-8-5-10-6-9(3-4-12(17)18-2)13(14)16-11(10)7-15-8/h3-7H,1-2H3,(H2,14,16). The number of fused-ring (bicyclic) bond motifs is 1. The summed E-state index contributed by atoms with van der Waals surface area (Å²) in [7, 11) is 1.32. The van der Waals surface area contributed by atoms with Crippen LogP contribution in [0.2, 0.25) is 0 Å². The Morgan fingerprint density at radius 3 is 2.94 bits per heavy atom. The molecular weight excluding hydrogens is 230 g/mol. The van der Waals surface area contributed by atoms with Crippen molar-refractivity contribution in [1.29, 1.82) is 0 Å². The molecule has 0 unspecified atom stereocenters. The lowest BCUT2D eigenvalue weighted by molar-refractivity contribution is -0.134. The fourth-order valence-corrected chi connectivity index (χ4v) is 1.58. The molecule has 2 aromatic rings. The van der Waals surface area contributed by atoms with Gasteiger partial charge in [0.2, 0.25) is 0 Å². The number of carbonyl (C=O) groups excluding carboxylic acids is 1. The van der Waals surface area contributed by atoms with Crippen molar-refractivity contribution in [2.45, 2.75) is 6.92 Å². The smallest absolute Gasteiger partial charge is 0.330 e. The zero-order chi connectivity index (χ0) is 13.1. The van der Waals surface area contributed by atoms with Crippen LogP contribution in [-0.4, -0.2) is 23.0 Å². The molecule has 92 valence electrons. The van der Waals surface area contributed by atoms with Crippen molar-refractivity contribution in [2.24, 2.45) is 0 Å². The lowest BCUT2D eigenvalue weighted by Crippen LogP contribution is -1.97. The highest BCUT2D eigenvalue weighted by Gasteiger charge is 2.03. The van der Waals surface area contributed by atoms with Crippen molar-refractivity contribution >= 4 is 28.8 Å². The number of nitrogen functional groups attached to an aromatic ring is 1. The first-order chi connectivity index (χ1) is 8.60. The van der Waals surface area contributed by atoms with Crippen molar-refractivity contribution in [1.82, 2.24) is 9.97 Å². The molecule has 0 aliphatic carbocycles. The molecule has 0 aliphatic rings. The van der Waals surface area contributed by atoms with E-state index in [9.17, 15) is 4.79 Å². The largest absolute Gasteiger partial charge is 0.466 e. The maximum atomic E-state index is 11.0. The van der Waals surface area contributed by atoms with E-state index in [4.69, 9.17) is 5.73 Å². The van der Waals surface area contributed by atoms with E-state index in [-0.39, 0.29) is 0 Å². The number of rotatable bonds is 2. The van der Waals surface area contributed by atoms with E-state index in [1.165, 1.54) is 13.2 Å². The van der Waals surface area contributed by atoms with Crippen LogP contribution < -0.4 is 5.73 Å². The van der Waals surface area contributed by atoms with Gasteiger partial charge in [-0.05, 0) is 25.1 Å². The number of nitrogens with zero attached hydrogens (tertiary/aromatic N) is 2. The number of aryl methyl sites for hydroxylation is 1. The number of ether oxygens (including phenoxy) is 1. The Balaban J connectivity index is 2.48. The Labute approximate surface area is 104 Å². The normalized spacial score (nSPS) is 11.0. The molecule has 0 aliphatic heterocycles. The van der Waals surface area contributed by atoms with Crippen molar-refractivity contribution in [3.05, 3.63) is 35.7 Å². The number of nitrogens with two attached hydrogens (primary N) is 1. The average molecular weight is 243 g/mol. The average Bonchev–Trinajstić information content (AvgIpc) is 2.36. The summed E-state index contributed by atoms with van der Waals surface area (Å²) in [6, 6.07) is 3.78. The maximum absolute atomic E-state index is 11.0. The number of anilines is 1.